The molecule has 0 saturated heterocycles. The van der Waals surface area contributed by atoms with Gasteiger partial charge in [-0.2, -0.15) is 0 Å². The Morgan fingerprint density at radius 2 is 1.88 bits per heavy atom. The molecule has 142 valence electrons. The summed E-state index contributed by atoms with van der Waals surface area (Å²) in [7, 11) is -2.38. The maximum absolute atomic E-state index is 13.0. The van der Waals surface area contributed by atoms with E-state index < -0.39 is 10.0 Å². The van der Waals surface area contributed by atoms with E-state index >= 15 is 0 Å². The lowest BCUT2D eigenvalue weighted by Crippen LogP contribution is -2.33. The quantitative estimate of drug-likeness (QED) is 0.741. The van der Waals surface area contributed by atoms with Gasteiger partial charge in [0.25, 0.3) is 15.9 Å². The van der Waals surface area contributed by atoms with Crippen LogP contribution < -0.4 is 14.4 Å². The van der Waals surface area contributed by atoms with Crippen molar-refractivity contribution in [3.8, 4) is 5.75 Å². The van der Waals surface area contributed by atoms with E-state index in [0.29, 0.717) is 18.0 Å². The molecule has 1 atom stereocenters. The van der Waals surface area contributed by atoms with E-state index in [4.69, 9.17) is 4.74 Å². The molecule has 0 fully saturated rings. The molecule has 1 aromatic heterocycles. The lowest BCUT2D eigenvalue weighted by Gasteiger charge is -2.20. The summed E-state index contributed by atoms with van der Waals surface area (Å²) in [6, 6.07) is 8.23. The van der Waals surface area contributed by atoms with Crippen molar-refractivity contribution in [1.29, 1.82) is 0 Å². The molecule has 0 aliphatic carbocycles. The summed E-state index contributed by atoms with van der Waals surface area (Å²) in [5.41, 5.74) is 0.493. The number of nitrogens with zero attached hydrogens (tertiary/aromatic N) is 1. The lowest BCUT2D eigenvalue weighted by molar-refractivity contribution is 0.0940. The smallest absolute Gasteiger partial charge is 0.265 e. The largest absolute Gasteiger partial charge is 0.494 e. The first-order valence-electron chi connectivity index (χ1n) is 8.41. The van der Waals surface area contributed by atoms with Gasteiger partial charge in [-0.15, -0.1) is 11.3 Å². The number of anilines is 1. The van der Waals surface area contributed by atoms with Crippen molar-refractivity contribution in [2.75, 3.05) is 18.0 Å². The molecule has 1 amide bonds. The maximum Gasteiger partial charge on any atom is 0.265 e. The SMILES string of the molecule is CCOc1ccc(N(C)S(=O)(=O)c2ccsc2C(=O)N[C@H](C)CC)cc1. The summed E-state index contributed by atoms with van der Waals surface area (Å²) >= 11 is 1.12. The van der Waals surface area contributed by atoms with Crippen LogP contribution in [0.3, 0.4) is 0 Å². The van der Waals surface area contributed by atoms with Crippen molar-refractivity contribution in [2.24, 2.45) is 0 Å². The minimum Gasteiger partial charge on any atom is -0.494 e. The Bertz CT molecular complexity index is 844. The monoisotopic (exact) mass is 396 g/mol. The van der Waals surface area contributed by atoms with Gasteiger partial charge in [0.05, 0.1) is 12.3 Å². The topological polar surface area (TPSA) is 75.7 Å². The molecule has 0 saturated carbocycles. The van der Waals surface area contributed by atoms with Gasteiger partial charge in [-0.25, -0.2) is 8.42 Å². The number of carbonyl (C=O) groups is 1. The Balaban J connectivity index is 2.30. The Morgan fingerprint density at radius 3 is 2.46 bits per heavy atom. The van der Waals surface area contributed by atoms with E-state index in [-0.39, 0.29) is 21.7 Å². The van der Waals surface area contributed by atoms with E-state index in [2.05, 4.69) is 5.32 Å². The predicted octanol–water partition coefficient (Wildman–Crippen LogP) is 3.50. The van der Waals surface area contributed by atoms with E-state index in [1.165, 1.54) is 17.4 Å². The molecule has 0 unspecified atom stereocenters. The third kappa shape index (κ3) is 4.37. The number of rotatable bonds is 8. The summed E-state index contributed by atoms with van der Waals surface area (Å²) in [5, 5.41) is 4.43. The zero-order valence-corrected chi connectivity index (χ0v) is 17.0. The number of benzene rings is 1. The molecular formula is C18H24N2O4S2. The van der Waals surface area contributed by atoms with E-state index in [1.54, 1.807) is 29.6 Å². The van der Waals surface area contributed by atoms with Crippen LogP contribution in [0.1, 0.15) is 36.9 Å². The van der Waals surface area contributed by atoms with Crippen LogP contribution in [0, 0.1) is 0 Å². The first kappa shape index (κ1) is 20.3. The number of sulfonamides is 1. The Kier molecular flexibility index (Phi) is 6.66. The van der Waals surface area contributed by atoms with Crippen LogP contribution >= 0.6 is 11.3 Å². The summed E-state index contributed by atoms with van der Waals surface area (Å²) < 4.78 is 32.6. The predicted molar refractivity (Wildman–Crippen MR) is 105 cm³/mol. The zero-order chi connectivity index (χ0) is 19.3. The lowest BCUT2D eigenvalue weighted by atomic mass is 10.2. The molecule has 6 nitrogen and oxygen atoms in total. The highest BCUT2D eigenvalue weighted by Crippen LogP contribution is 2.29. The van der Waals surface area contributed by atoms with E-state index in [1.807, 2.05) is 20.8 Å². The average molecular weight is 397 g/mol. The van der Waals surface area contributed by atoms with E-state index in [9.17, 15) is 13.2 Å². The fraction of sp³-hybridized carbons (Fsp3) is 0.389. The molecule has 1 heterocycles. The Morgan fingerprint density at radius 1 is 1.23 bits per heavy atom. The molecule has 8 heteroatoms. The summed E-state index contributed by atoms with van der Waals surface area (Å²) in [4.78, 5) is 12.6. The Hall–Kier alpha value is -2.06. The third-order valence-corrected chi connectivity index (χ3v) is 6.85. The number of nitrogens with one attached hydrogen (secondary N) is 1. The molecule has 0 spiro atoms. The van der Waals surface area contributed by atoms with Crippen LogP contribution in [0.5, 0.6) is 5.75 Å². The molecular weight excluding hydrogens is 372 g/mol. The zero-order valence-electron chi connectivity index (χ0n) is 15.4. The summed E-state index contributed by atoms with van der Waals surface area (Å²) in [6.45, 7) is 6.26. The van der Waals surface area contributed by atoms with Gasteiger partial charge in [-0.1, -0.05) is 6.92 Å². The minimum absolute atomic E-state index is 0.0136. The molecule has 1 N–H and O–H groups in total. The second kappa shape index (κ2) is 8.55. The van der Waals surface area contributed by atoms with Gasteiger partial charge in [-0.05, 0) is 56.0 Å². The molecule has 0 radical (unpaired) electrons. The van der Waals surface area contributed by atoms with Gasteiger partial charge in [0.15, 0.2) is 0 Å². The van der Waals surface area contributed by atoms with Crippen molar-refractivity contribution < 1.29 is 17.9 Å². The van der Waals surface area contributed by atoms with Crippen LogP contribution in [-0.2, 0) is 10.0 Å². The highest BCUT2D eigenvalue weighted by atomic mass is 32.2. The Labute approximate surface area is 158 Å². The number of hydrogen-bond donors (Lipinski definition) is 1. The highest BCUT2D eigenvalue weighted by molar-refractivity contribution is 7.93. The second-order valence-electron chi connectivity index (χ2n) is 5.80. The van der Waals surface area contributed by atoms with Crippen LogP contribution in [0.25, 0.3) is 0 Å². The first-order chi connectivity index (χ1) is 12.3. The van der Waals surface area contributed by atoms with Crippen molar-refractivity contribution in [2.45, 2.75) is 38.1 Å². The van der Waals surface area contributed by atoms with Crippen molar-refractivity contribution in [1.82, 2.24) is 5.32 Å². The van der Waals surface area contributed by atoms with Crippen LogP contribution in [0.4, 0.5) is 5.69 Å². The first-order valence-corrected chi connectivity index (χ1v) is 10.7. The fourth-order valence-electron chi connectivity index (χ4n) is 2.26. The van der Waals surface area contributed by atoms with Gasteiger partial charge in [-0.3, -0.25) is 9.10 Å². The maximum atomic E-state index is 13.0. The number of hydrogen-bond acceptors (Lipinski definition) is 5. The van der Waals surface area contributed by atoms with Crippen molar-refractivity contribution in [3.05, 3.63) is 40.6 Å². The number of thiophene rings is 1. The fourth-order valence-corrected chi connectivity index (χ4v) is 4.76. The van der Waals surface area contributed by atoms with Crippen LogP contribution in [0.15, 0.2) is 40.6 Å². The molecule has 0 aliphatic heterocycles. The number of carbonyl (C=O) groups excluding carboxylic acids is 1. The molecule has 0 bridgehead atoms. The highest BCUT2D eigenvalue weighted by Gasteiger charge is 2.28. The molecule has 2 aromatic rings. The van der Waals surface area contributed by atoms with Gasteiger partial charge in [0.2, 0.25) is 0 Å². The van der Waals surface area contributed by atoms with E-state index in [0.717, 1.165) is 17.8 Å². The average Bonchev–Trinajstić information content (AvgIpc) is 3.12. The van der Waals surface area contributed by atoms with Gasteiger partial charge in [0.1, 0.15) is 15.5 Å². The molecule has 1 aromatic carbocycles. The van der Waals surface area contributed by atoms with Gasteiger partial charge >= 0.3 is 0 Å². The van der Waals surface area contributed by atoms with Crippen LogP contribution in [0.2, 0.25) is 0 Å². The van der Waals surface area contributed by atoms with Gasteiger partial charge in [0, 0.05) is 13.1 Å². The number of ether oxygens (including phenoxy) is 1. The third-order valence-electron chi connectivity index (χ3n) is 3.97. The molecule has 26 heavy (non-hydrogen) atoms. The normalized spacial score (nSPS) is 12.5. The minimum atomic E-state index is -3.85. The van der Waals surface area contributed by atoms with Crippen molar-refractivity contribution >= 4 is 33.0 Å². The standard InChI is InChI=1S/C18H24N2O4S2/c1-5-13(3)19-18(21)17-16(11-12-25-17)26(22,23)20(4)14-7-9-15(10-8-14)24-6-2/h7-13H,5-6H2,1-4H3,(H,19,21)/t13-/m1/s1. The summed E-state index contributed by atoms with van der Waals surface area (Å²) in [5.74, 6) is 0.305. The summed E-state index contributed by atoms with van der Waals surface area (Å²) in [6.07, 6.45) is 0.769. The molecule has 2 rings (SSSR count). The second-order valence-corrected chi connectivity index (χ2v) is 8.65. The van der Waals surface area contributed by atoms with Crippen molar-refractivity contribution in [3.63, 3.8) is 0 Å². The van der Waals surface area contributed by atoms with Gasteiger partial charge < -0.3 is 10.1 Å². The molecule has 0 aliphatic rings. The number of amides is 1. The van der Waals surface area contributed by atoms with Crippen LogP contribution in [-0.4, -0.2) is 34.0 Å².